The van der Waals surface area contributed by atoms with Crippen LogP contribution in [0.25, 0.3) is 22.5 Å². The van der Waals surface area contributed by atoms with Gasteiger partial charge >= 0.3 is 0 Å². The standard InChI is InChI=1S/C36H42N6O2/c1-4-20-42(36(43)34(40(2)3)27-14-9-6-10-15-27)25-33-38-29-18-17-28(23-30(29)39-33)35-37-24-32(44-35)31-16-11-21-41(31)22-19-26-12-7-5-8-13-26/h5-10,12-15,17-18,23-24,31,34H,4,11,16,19-22,25H2,1-3H3,(H,38,39). The predicted octanol–water partition coefficient (Wildman–Crippen LogP) is 6.64. The van der Waals surface area contributed by atoms with Crippen molar-refractivity contribution in [1.82, 2.24) is 29.7 Å². The number of imidazole rings is 1. The lowest BCUT2D eigenvalue weighted by atomic mass is 10.0. The molecule has 44 heavy (non-hydrogen) atoms. The van der Waals surface area contributed by atoms with E-state index >= 15 is 0 Å². The first-order valence-electron chi connectivity index (χ1n) is 15.7. The lowest BCUT2D eigenvalue weighted by Gasteiger charge is -2.30. The minimum absolute atomic E-state index is 0.0706. The van der Waals surface area contributed by atoms with Gasteiger partial charge in [0.05, 0.1) is 29.8 Å². The molecular formula is C36H42N6O2. The van der Waals surface area contributed by atoms with Crippen molar-refractivity contribution in [3.63, 3.8) is 0 Å². The van der Waals surface area contributed by atoms with Gasteiger partial charge in [-0.3, -0.25) is 14.6 Å². The van der Waals surface area contributed by atoms with Crippen LogP contribution in [-0.2, 0) is 17.8 Å². The second kappa shape index (κ2) is 13.6. The normalized spacial score (nSPS) is 16.1. The molecule has 0 bridgehead atoms. The molecule has 2 unspecified atom stereocenters. The lowest BCUT2D eigenvalue weighted by molar-refractivity contribution is -0.137. The van der Waals surface area contributed by atoms with Gasteiger partial charge in [0, 0.05) is 18.7 Å². The average Bonchev–Trinajstić information content (AvgIpc) is 3.80. The molecule has 1 saturated heterocycles. The predicted molar refractivity (Wildman–Crippen MR) is 174 cm³/mol. The van der Waals surface area contributed by atoms with Crippen molar-refractivity contribution in [2.24, 2.45) is 0 Å². The number of aromatic nitrogens is 3. The van der Waals surface area contributed by atoms with E-state index in [9.17, 15) is 4.79 Å². The van der Waals surface area contributed by atoms with Gasteiger partial charge in [0.25, 0.3) is 0 Å². The van der Waals surface area contributed by atoms with Crippen LogP contribution in [0, 0.1) is 0 Å². The fourth-order valence-electron chi connectivity index (χ4n) is 6.37. The number of rotatable bonds is 12. The minimum Gasteiger partial charge on any atom is -0.440 e. The fraction of sp³-hybridized carbons (Fsp3) is 0.361. The van der Waals surface area contributed by atoms with Gasteiger partial charge in [-0.15, -0.1) is 0 Å². The number of carbonyl (C=O) groups excluding carboxylic acids is 1. The molecule has 3 heterocycles. The number of fused-ring (bicyclic) bond motifs is 1. The van der Waals surface area contributed by atoms with Gasteiger partial charge in [0.2, 0.25) is 11.8 Å². The molecule has 0 saturated carbocycles. The number of aromatic amines is 1. The molecule has 8 heteroatoms. The number of likely N-dealkylation sites (tertiary alicyclic amines) is 1. The van der Waals surface area contributed by atoms with Crippen LogP contribution in [0.1, 0.15) is 61.0 Å². The molecule has 1 aliphatic heterocycles. The van der Waals surface area contributed by atoms with Crippen LogP contribution in [0.4, 0.5) is 0 Å². The Hall–Kier alpha value is -4.27. The molecule has 8 nitrogen and oxygen atoms in total. The number of H-pyrrole nitrogens is 1. The number of nitrogens with zero attached hydrogens (tertiary/aromatic N) is 5. The molecule has 1 N–H and O–H groups in total. The Kier molecular flexibility index (Phi) is 9.19. The Morgan fingerprint density at radius 3 is 2.59 bits per heavy atom. The maximum absolute atomic E-state index is 13.8. The van der Waals surface area contributed by atoms with Crippen molar-refractivity contribution in [2.75, 3.05) is 33.7 Å². The summed E-state index contributed by atoms with van der Waals surface area (Å²) in [6, 6.07) is 26.6. The zero-order valence-electron chi connectivity index (χ0n) is 25.9. The van der Waals surface area contributed by atoms with Crippen LogP contribution >= 0.6 is 0 Å². The molecule has 0 aliphatic carbocycles. The Morgan fingerprint density at radius 2 is 1.84 bits per heavy atom. The van der Waals surface area contributed by atoms with Crippen molar-refractivity contribution in [2.45, 2.75) is 51.2 Å². The molecule has 228 valence electrons. The van der Waals surface area contributed by atoms with Gasteiger partial charge in [0.1, 0.15) is 17.6 Å². The van der Waals surface area contributed by atoms with Crippen molar-refractivity contribution in [1.29, 1.82) is 0 Å². The largest absolute Gasteiger partial charge is 0.440 e. The maximum Gasteiger partial charge on any atom is 0.244 e. The SMILES string of the molecule is CCCN(Cc1nc2ccc(-c3ncc(C4CCCN4CCc4ccccc4)o3)cc2[nH]1)C(=O)C(c1ccccc1)N(C)C. The number of likely N-dealkylation sites (N-methyl/N-ethyl adjacent to an activating group) is 1. The molecular weight excluding hydrogens is 548 g/mol. The number of amides is 1. The highest BCUT2D eigenvalue weighted by Crippen LogP contribution is 2.34. The first kappa shape index (κ1) is 29.8. The van der Waals surface area contributed by atoms with E-state index in [4.69, 9.17) is 9.40 Å². The molecule has 3 aromatic carbocycles. The van der Waals surface area contributed by atoms with Gasteiger partial charge in [-0.25, -0.2) is 9.97 Å². The third-order valence-corrected chi connectivity index (χ3v) is 8.54. The second-order valence-corrected chi connectivity index (χ2v) is 11.9. The van der Waals surface area contributed by atoms with Crippen molar-refractivity contribution < 1.29 is 9.21 Å². The molecule has 1 amide bonds. The van der Waals surface area contributed by atoms with E-state index in [1.165, 1.54) is 5.56 Å². The number of hydrogen-bond acceptors (Lipinski definition) is 6. The smallest absolute Gasteiger partial charge is 0.244 e. The highest BCUT2D eigenvalue weighted by Gasteiger charge is 2.30. The first-order chi connectivity index (χ1) is 21.5. The summed E-state index contributed by atoms with van der Waals surface area (Å²) in [5, 5.41) is 0. The number of benzene rings is 3. The Morgan fingerprint density at radius 1 is 1.07 bits per heavy atom. The number of hydrogen-bond donors (Lipinski definition) is 1. The molecule has 1 aliphatic rings. The van der Waals surface area contributed by atoms with Crippen LogP contribution in [0.15, 0.2) is 89.5 Å². The average molecular weight is 591 g/mol. The van der Waals surface area contributed by atoms with Gasteiger partial charge in [0.15, 0.2) is 0 Å². The van der Waals surface area contributed by atoms with Crippen LogP contribution in [-0.4, -0.2) is 69.3 Å². The molecule has 2 atom stereocenters. The van der Waals surface area contributed by atoms with Crippen molar-refractivity contribution in [3.05, 3.63) is 108 Å². The molecule has 2 aromatic heterocycles. The highest BCUT2D eigenvalue weighted by atomic mass is 16.4. The summed E-state index contributed by atoms with van der Waals surface area (Å²) in [6.07, 6.45) is 6.03. The highest BCUT2D eigenvalue weighted by molar-refractivity contribution is 5.84. The van der Waals surface area contributed by atoms with Gasteiger partial charge in [-0.1, -0.05) is 67.6 Å². The van der Waals surface area contributed by atoms with E-state index in [0.717, 1.165) is 72.5 Å². The first-order valence-corrected chi connectivity index (χ1v) is 15.7. The maximum atomic E-state index is 13.8. The quantitative estimate of drug-likeness (QED) is 0.176. The van der Waals surface area contributed by atoms with Crippen LogP contribution in [0.3, 0.4) is 0 Å². The molecule has 0 spiro atoms. The topological polar surface area (TPSA) is 81.5 Å². The molecule has 0 radical (unpaired) electrons. The van der Waals surface area contributed by atoms with E-state index in [1.807, 2.05) is 78.6 Å². The third kappa shape index (κ3) is 6.61. The summed E-state index contributed by atoms with van der Waals surface area (Å²) in [5.41, 5.74) is 5.01. The number of nitrogens with one attached hydrogen (secondary N) is 1. The van der Waals surface area contributed by atoms with E-state index in [1.54, 1.807) is 0 Å². The number of oxazole rings is 1. The van der Waals surface area contributed by atoms with Gasteiger partial charge < -0.3 is 14.3 Å². The zero-order chi connectivity index (χ0) is 30.5. The van der Waals surface area contributed by atoms with Gasteiger partial charge in [-0.05, 0) is 75.6 Å². The minimum atomic E-state index is -0.355. The number of carbonyl (C=O) groups is 1. The summed E-state index contributed by atoms with van der Waals surface area (Å²) in [7, 11) is 3.90. The third-order valence-electron chi connectivity index (χ3n) is 8.54. The van der Waals surface area contributed by atoms with E-state index in [0.29, 0.717) is 19.0 Å². The van der Waals surface area contributed by atoms with E-state index < -0.39 is 0 Å². The summed E-state index contributed by atoms with van der Waals surface area (Å²) in [6.45, 7) is 5.25. The fourth-order valence-corrected chi connectivity index (χ4v) is 6.37. The monoisotopic (exact) mass is 590 g/mol. The van der Waals surface area contributed by atoms with Crippen LogP contribution < -0.4 is 0 Å². The zero-order valence-corrected chi connectivity index (χ0v) is 25.9. The van der Waals surface area contributed by atoms with E-state index in [2.05, 4.69) is 52.1 Å². The second-order valence-electron chi connectivity index (χ2n) is 11.9. The van der Waals surface area contributed by atoms with Crippen molar-refractivity contribution >= 4 is 16.9 Å². The van der Waals surface area contributed by atoms with Crippen LogP contribution in [0.5, 0.6) is 0 Å². The van der Waals surface area contributed by atoms with Crippen molar-refractivity contribution in [3.8, 4) is 11.5 Å². The van der Waals surface area contributed by atoms with Gasteiger partial charge in [-0.2, -0.15) is 0 Å². The summed E-state index contributed by atoms with van der Waals surface area (Å²) < 4.78 is 6.37. The summed E-state index contributed by atoms with van der Waals surface area (Å²) in [4.78, 5) is 33.2. The summed E-state index contributed by atoms with van der Waals surface area (Å²) in [5.74, 6) is 2.38. The molecule has 5 aromatic rings. The summed E-state index contributed by atoms with van der Waals surface area (Å²) >= 11 is 0. The lowest BCUT2D eigenvalue weighted by Crippen LogP contribution is -2.40. The Balaban J connectivity index is 1.16. The van der Waals surface area contributed by atoms with E-state index in [-0.39, 0.29) is 18.0 Å². The Bertz CT molecular complexity index is 1660. The Labute approximate surface area is 259 Å². The molecule has 1 fully saturated rings. The molecule has 6 rings (SSSR count). The van der Waals surface area contributed by atoms with Crippen LogP contribution in [0.2, 0.25) is 0 Å².